The fourth-order valence-corrected chi connectivity index (χ4v) is 4.37. The average Bonchev–Trinajstić information content (AvgIpc) is 3.10. The predicted molar refractivity (Wildman–Crippen MR) is 83.6 cm³/mol. The van der Waals surface area contributed by atoms with Gasteiger partial charge in [0.2, 0.25) is 0 Å². The molecule has 0 bridgehead atoms. The van der Waals surface area contributed by atoms with E-state index < -0.39 is 5.91 Å². The van der Waals surface area contributed by atoms with E-state index in [1.807, 2.05) is 13.8 Å². The number of amides is 2. The molecule has 2 amide bonds. The fraction of sp³-hybridized carbons (Fsp3) is 0.357. The highest BCUT2D eigenvalue weighted by Crippen LogP contribution is 2.33. The van der Waals surface area contributed by atoms with Crippen molar-refractivity contribution >= 4 is 34.5 Å². The average molecular weight is 337 g/mol. The third-order valence-corrected chi connectivity index (χ3v) is 5.91. The lowest BCUT2D eigenvalue weighted by Gasteiger charge is -2.26. The number of carbonyl (C=O) groups excluding carboxylic acids is 2. The van der Waals surface area contributed by atoms with Crippen molar-refractivity contribution in [1.29, 1.82) is 0 Å². The number of aryl methyl sites for hydroxylation is 1. The van der Waals surface area contributed by atoms with Crippen LogP contribution in [0.5, 0.6) is 0 Å². The van der Waals surface area contributed by atoms with Crippen molar-refractivity contribution in [3.8, 4) is 0 Å². The molecule has 0 aromatic carbocycles. The lowest BCUT2D eigenvalue weighted by Crippen LogP contribution is -2.35. The molecule has 8 heteroatoms. The molecule has 0 fully saturated rings. The zero-order valence-electron chi connectivity index (χ0n) is 12.2. The summed E-state index contributed by atoms with van der Waals surface area (Å²) in [7, 11) is 0. The first-order chi connectivity index (χ1) is 10.5. The molecule has 0 saturated carbocycles. The van der Waals surface area contributed by atoms with Crippen LogP contribution in [-0.2, 0) is 13.0 Å². The van der Waals surface area contributed by atoms with Crippen LogP contribution in [0.2, 0.25) is 0 Å². The van der Waals surface area contributed by atoms with Gasteiger partial charge < -0.3 is 4.90 Å². The van der Waals surface area contributed by atoms with Crippen molar-refractivity contribution in [2.24, 2.45) is 0 Å². The van der Waals surface area contributed by atoms with Crippen LogP contribution in [0, 0.1) is 13.8 Å². The quantitative estimate of drug-likeness (QED) is 0.650. The van der Waals surface area contributed by atoms with Crippen molar-refractivity contribution in [1.82, 2.24) is 15.4 Å². The van der Waals surface area contributed by atoms with E-state index in [0.717, 1.165) is 21.0 Å². The van der Waals surface area contributed by atoms with Crippen LogP contribution in [0.25, 0.3) is 0 Å². The molecule has 0 spiro atoms. The fourth-order valence-electron chi connectivity index (χ4n) is 2.59. The van der Waals surface area contributed by atoms with E-state index >= 15 is 0 Å². The van der Waals surface area contributed by atoms with Gasteiger partial charge in [-0.3, -0.25) is 14.8 Å². The Morgan fingerprint density at radius 1 is 1.41 bits per heavy atom. The lowest BCUT2D eigenvalue weighted by atomic mass is 10.0. The number of thiophene rings is 1. The van der Waals surface area contributed by atoms with Crippen LogP contribution < -0.4 is 5.48 Å². The smallest absolute Gasteiger partial charge is 0.284 e. The second kappa shape index (κ2) is 5.79. The largest absolute Gasteiger partial charge is 0.333 e. The Morgan fingerprint density at radius 2 is 2.18 bits per heavy atom. The summed E-state index contributed by atoms with van der Waals surface area (Å²) < 4.78 is 0. The predicted octanol–water partition coefficient (Wildman–Crippen LogP) is 2.14. The van der Waals surface area contributed by atoms with Crippen molar-refractivity contribution in [2.75, 3.05) is 6.54 Å². The summed E-state index contributed by atoms with van der Waals surface area (Å²) in [6, 6.07) is 0. The van der Waals surface area contributed by atoms with Crippen LogP contribution in [0.1, 0.15) is 41.2 Å². The first-order valence-corrected chi connectivity index (χ1v) is 8.48. The van der Waals surface area contributed by atoms with Crippen LogP contribution in [-0.4, -0.2) is 33.5 Å². The number of hydrogen-bond donors (Lipinski definition) is 2. The number of hydrogen-bond acceptors (Lipinski definition) is 6. The number of fused-ring (bicyclic) bond motifs is 1. The van der Waals surface area contributed by atoms with Crippen LogP contribution in [0.15, 0.2) is 5.38 Å². The molecule has 3 heterocycles. The molecular formula is C14H15N3O3S2. The summed E-state index contributed by atoms with van der Waals surface area (Å²) in [4.78, 5) is 31.8. The molecule has 0 aliphatic carbocycles. The monoisotopic (exact) mass is 337 g/mol. The minimum Gasteiger partial charge on any atom is -0.333 e. The maximum atomic E-state index is 12.5. The van der Waals surface area contributed by atoms with E-state index in [2.05, 4.69) is 4.98 Å². The molecule has 6 nitrogen and oxygen atoms in total. The van der Waals surface area contributed by atoms with Gasteiger partial charge in [0.1, 0.15) is 5.69 Å². The van der Waals surface area contributed by atoms with E-state index in [4.69, 9.17) is 5.21 Å². The molecule has 0 saturated heterocycles. The molecule has 22 heavy (non-hydrogen) atoms. The topological polar surface area (TPSA) is 82.5 Å². The van der Waals surface area contributed by atoms with Gasteiger partial charge in [0.25, 0.3) is 11.8 Å². The summed E-state index contributed by atoms with van der Waals surface area (Å²) in [5.41, 5.74) is 4.00. The zero-order chi connectivity index (χ0) is 15.9. The number of thiazole rings is 1. The molecule has 2 aromatic rings. The van der Waals surface area contributed by atoms with Crippen molar-refractivity contribution in [3.63, 3.8) is 0 Å². The Kier molecular flexibility index (Phi) is 3.98. The zero-order valence-corrected chi connectivity index (χ0v) is 13.8. The molecule has 2 N–H and O–H groups in total. The summed E-state index contributed by atoms with van der Waals surface area (Å²) in [5, 5.41) is 11.4. The maximum absolute atomic E-state index is 12.5. The highest BCUT2D eigenvalue weighted by molar-refractivity contribution is 7.14. The van der Waals surface area contributed by atoms with Crippen LogP contribution >= 0.6 is 22.7 Å². The van der Waals surface area contributed by atoms with Crippen molar-refractivity contribution in [3.05, 3.63) is 37.0 Å². The Morgan fingerprint density at radius 3 is 2.82 bits per heavy atom. The Hall–Kier alpha value is -1.77. The van der Waals surface area contributed by atoms with E-state index in [1.54, 1.807) is 15.8 Å². The molecule has 2 aromatic heterocycles. The van der Waals surface area contributed by atoms with Gasteiger partial charge in [-0.25, -0.2) is 10.5 Å². The summed E-state index contributed by atoms with van der Waals surface area (Å²) in [6.07, 6.45) is 0.717. The van der Waals surface area contributed by atoms with Crippen molar-refractivity contribution < 1.29 is 14.8 Å². The number of carbonyl (C=O) groups is 2. The Balaban J connectivity index is 1.86. The molecule has 0 atom stereocenters. The second-order valence-electron chi connectivity index (χ2n) is 5.13. The van der Waals surface area contributed by atoms with Gasteiger partial charge in [0, 0.05) is 23.3 Å². The molecule has 1 aliphatic heterocycles. The van der Waals surface area contributed by atoms with Gasteiger partial charge in [-0.05, 0) is 31.4 Å². The van der Waals surface area contributed by atoms with E-state index in [1.165, 1.54) is 22.7 Å². The minimum absolute atomic E-state index is 0.0752. The molecule has 1 aliphatic rings. The maximum Gasteiger partial charge on any atom is 0.284 e. The minimum atomic E-state index is -0.495. The third-order valence-electron chi connectivity index (χ3n) is 3.75. The van der Waals surface area contributed by atoms with Gasteiger partial charge in [-0.15, -0.1) is 22.7 Å². The van der Waals surface area contributed by atoms with Gasteiger partial charge in [-0.1, -0.05) is 0 Å². The SMILES string of the molecule is Cc1nc(C(=O)N2CCc3sc(C(=O)NO)c(C)c3C2)cs1. The van der Waals surface area contributed by atoms with Gasteiger partial charge in [0.15, 0.2) is 0 Å². The van der Waals surface area contributed by atoms with E-state index in [9.17, 15) is 9.59 Å². The number of hydroxylamine groups is 1. The standard InChI is InChI=1S/C14H15N3O3S2/c1-7-9-5-17(14(19)10-6-21-8(2)15-10)4-3-11(9)22-12(7)13(18)16-20/h6,20H,3-5H2,1-2H3,(H,16,18). The van der Waals surface area contributed by atoms with Crippen LogP contribution in [0.3, 0.4) is 0 Å². The number of rotatable bonds is 2. The van der Waals surface area contributed by atoms with Gasteiger partial charge in [-0.2, -0.15) is 0 Å². The van der Waals surface area contributed by atoms with E-state index in [0.29, 0.717) is 30.1 Å². The summed E-state index contributed by atoms with van der Waals surface area (Å²) in [5.74, 6) is -0.571. The first-order valence-electron chi connectivity index (χ1n) is 6.78. The number of aromatic nitrogens is 1. The molecule has 0 radical (unpaired) electrons. The van der Waals surface area contributed by atoms with Crippen molar-refractivity contribution in [2.45, 2.75) is 26.8 Å². The van der Waals surface area contributed by atoms with Gasteiger partial charge >= 0.3 is 0 Å². The summed E-state index contributed by atoms with van der Waals surface area (Å²) in [6.45, 7) is 4.81. The summed E-state index contributed by atoms with van der Waals surface area (Å²) >= 11 is 2.84. The second-order valence-corrected chi connectivity index (χ2v) is 7.29. The van der Waals surface area contributed by atoms with Crippen LogP contribution in [0.4, 0.5) is 0 Å². The molecule has 3 rings (SSSR count). The van der Waals surface area contributed by atoms with E-state index in [-0.39, 0.29) is 5.91 Å². The highest BCUT2D eigenvalue weighted by Gasteiger charge is 2.28. The lowest BCUT2D eigenvalue weighted by molar-refractivity contribution is 0.0710. The molecular weight excluding hydrogens is 322 g/mol. The number of nitrogens with zero attached hydrogens (tertiary/aromatic N) is 2. The molecule has 0 unspecified atom stereocenters. The molecule has 116 valence electrons. The van der Waals surface area contributed by atoms with Gasteiger partial charge in [0.05, 0.1) is 9.88 Å². The number of nitrogens with one attached hydrogen (secondary N) is 1. The Bertz CT molecular complexity index is 751. The Labute approximate surface area is 135 Å². The first kappa shape index (κ1) is 15.1. The highest BCUT2D eigenvalue weighted by atomic mass is 32.1. The normalized spacial score (nSPS) is 13.9. The third kappa shape index (κ3) is 2.53.